The van der Waals surface area contributed by atoms with Crippen LogP contribution in [-0.2, 0) is 20.5 Å². The van der Waals surface area contributed by atoms with Crippen molar-refractivity contribution < 1.29 is 0 Å². The molecule has 0 amide bonds. The fourth-order valence-corrected chi connectivity index (χ4v) is 3.57. The van der Waals surface area contributed by atoms with Gasteiger partial charge >= 0.3 is 5.69 Å². The number of nitrogens with zero attached hydrogens (tertiary/aromatic N) is 4. The van der Waals surface area contributed by atoms with Crippen molar-refractivity contribution in [3.63, 3.8) is 0 Å². The summed E-state index contributed by atoms with van der Waals surface area (Å²) in [6, 6.07) is 9.67. The average Bonchev–Trinajstić information content (AvgIpc) is 2.68. The SMILES string of the molecule is Cn1c(N2CCN(CCCCc3ccc(N)cc3)CC2)cc(=O)n(C)c1=O. The van der Waals surface area contributed by atoms with Gasteiger partial charge in [-0.05, 0) is 43.5 Å². The number of aryl methyl sites for hydroxylation is 1. The molecule has 2 heterocycles. The summed E-state index contributed by atoms with van der Waals surface area (Å²) in [4.78, 5) is 28.6. The average molecular weight is 371 g/mol. The van der Waals surface area contributed by atoms with E-state index in [9.17, 15) is 9.59 Å². The van der Waals surface area contributed by atoms with Gasteiger partial charge in [0.05, 0.1) is 0 Å². The van der Waals surface area contributed by atoms with Crippen molar-refractivity contribution in [3.8, 4) is 0 Å². The summed E-state index contributed by atoms with van der Waals surface area (Å²) in [7, 11) is 3.23. The minimum atomic E-state index is -0.275. The standard InChI is InChI=1S/C20H29N5O2/c1-22-18(15-19(26)23(2)20(22)27)25-13-11-24(12-14-25)10-4-3-5-16-6-8-17(21)9-7-16/h6-9,15H,3-5,10-14,21H2,1-2H3. The van der Waals surface area contributed by atoms with E-state index < -0.39 is 0 Å². The molecule has 0 radical (unpaired) electrons. The molecule has 1 aliphatic heterocycles. The topological polar surface area (TPSA) is 76.5 Å². The summed E-state index contributed by atoms with van der Waals surface area (Å²) in [5.41, 5.74) is 7.33. The van der Waals surface area contributed by atoms with E-state index in [1.165, 1.54) is 12.6 Å². The molecule has 146 valence electrons. The number of unbranched alkanes of at least 4 members (excludes halogenated alkanes) is 1. The second-order valence-corrected chi connectivity index (χ2v) is 7.27. The Hall–Kier alpha value is -2.54. The van der Waals surface area contributed by atoms with E-state index in [1.54, 1.807) is 17.7 Å². The van der Waals surface area contributed by atoms with Crippen LogP contribution in [0.4, 0.5) is 11.5 Å². The lowest BCUT2D eigenvalue weighted by molar-refractivity contribution is 0.251. The van der Waals surface area contributed by atoms with Crippen molar-refractivity contribution in [2.45, 2.75) is 19.3 Å². The first-order valence-electron chi connectivity index (χ1n) is 9.54. The molecule has 1 fully saturated rings. The maximum absolute atomic E-state index is 12.1. The van der Waals surface area contributed by atoms with Gasteiger partial charge < -0.3 is 10.6 Å². The molecule has 0 bridgehead atoms. The minimum Gasteiger partial charge on any atom is -0.399 e. The van der Waals surface area contributed by atoms with Gasteiger partial charge in [-0.25, -0.2) is 4.79 Å². The maximum atomic E-state index is 12.1. The molecule has 2 N–H and O–H groups in total. The number of benzene rings is 1. The molecule has 1 saturated heterocycles. The first-order valence-corrected chi connectivity index (χ1v) is 9.54. The molecule has 7 heteroatoms. The lowest BCUT2D eigenvalue weighted by Crippen LogP contribution is -2.49. The van der Waals surface area contributed by atoms with E-state index in [0.29, 0.717) is 5.82 Å². The molecular weight excluding hydrogens is 342 g/mol. The van der Waals surface area contributed by atoms with Gasteiger partial charge in [0.1, 0.15) is 5.82 Å². The van der Waals surface area contributed by atoms with Crippen LogP contribution in [0.15, 0.2) is 39.9 Å². The predicted molar refractivity (Wildman–Crippen MR) is 109 cm³/mol. The second-order valence-electron chi connectivity index (χ2n) is 7.27. The molecule has 0 aliphatic carbocycles. The Kier molecular flexibility index (Phi) is 6.01. The van der Waals surface area contributed by atoms with Gasteiger partial charge in [0.15, 0.2) is 0 Å². The van der Waals surface area contributed by atoms with E-state index in [1.807, 2.05) is 12.1 Å². The predicted octanol–water partition coefficient (Wildman–Crippen LogP) is 0.811. The van der Waals surface area contributed by atoms with Crippen molar-refractivity contribution in [1.82, 2.24) is 14.0 Å². The Labute approximate surface area is 159 Å². The third-order valence-corrected chi connectivity index (χ3v) is 5.37. The normalized spacial score (nSPS) is 15.3. The Balaban J connectivity index is 1.46. The zero-order chi connectivity index (χ0) is 19.4. The van der Waals surface area contributed by atoms with Crippen LogP contribution >= 0.6 is 0 Å². The fraction of sp³-hybridized carbons (Fsp3) is 0.500. The maximum Gasteiger partial charge on any atom is 0.332 e. The number of anilines is 2. The number of nitrogen functional groups attached to an aromatic ring is 1. The van der Waals surface area contributed by atoms with Crippen LogP contribution in [0.2, 0.25) is 0 Å². The van der Waals surface area contributed by atoms with Crippen LogP contribution in [0.1, 0.15) is 18.4 Å². The molecule has 2 aromatic rings. The van der Waals surface area contributed by atoms with E-state index in [2.05, 4.69) is 21.9 Å². The number of hydrogen-bond donors (Lipinski definition) is 1. The molecule has 7 nitrogen and oxygen atoms in total. The highest BCUT2D eigenvalue weighted by molar-refractivity contribution is 5.39. The summed E-state index contributed by atoms with van der Waals surface area (Å²) in [6.45, 7) is 4.64. The van der Waals surface area contributed by atoms with Gasteiger partial charge in [-0.15, -0.1) is 0 Å². The summed E-state index contributed by atoms with van der Waals surface area (Å²) >= 11 is 0. The second kappa shape index (κ2) is 8.43. The number of hydrogen-bond acceptors (Lipinski definition) is 5. The summed E-state index contributed by atoms with van der Waals surface area (Å²) in [5, 5.41) is 0. The Bertz CT molecular complexity index is 877. The van der Waals surface area contributed by atoms with Gasteiger partial charge in [0.2, 0.25) is 0 Å². The van der Waals surface area contributed by atoms with Crippen molar-refractivity contribution in [2.24, 2.45) is 14.1 Å². The van der Waals surface area contributed by atoms with E-state index in [0.717, 1.165) is 62.2 Å². The van der Waals surface area contributed by atoms with Gasteiger partial charge in [-0.1, -0.05) is 12.1 Å². The van der Waals surface area contributed by atoms with Crippen molar-refractivity contribution in [2.75, 3.05) is 43.4 Å². The van der Waals surface area contributed by atoms with Crippen molar-refractivity contribution in [3.05, 3.63) is 56.7 Å². The zero-order valence-corrected chi connectivity index (χ0v) is 16.2. The van der Waals surface area contributed by atoms with Gasteiger partial charge in [-0.3, -0.25) is 18.8 Å². The number of rotatable bonds is 6. The molecule has 1 aromatic heterocycles. The van der Waals surface area contributed by atoms with Crippen LogP contribution in [-0.4, -0.2) is 46.8 Å². The monoisotopic (exact) mass is 371 g/mol. The van der Waals surface area contributed by atoms with E-state index in [-0.39, 0.29) is 11.2 Å². The van der Waals surface area contributed by atoms with E-state index >= 15 is 0 Å². The molecule has 0 atom stereocenters. The smallest absolute Gasteiger partial charge is 0.332 e. The summed E-state index contributed by atoms with van der Waals surface area (Å²) in [6.07, 6.45) is 3.40. The molecular formula is C20H29N5O2. The largest absolute Gasteiger partial charge is 0.399 e. The van der Waals surface area contributed by atoms with Crippen molar-refractivity contribution in [1.29, 1.82) is 0 Å². The van der Waals surface area contributed by atoms with Crippen LogP contribution in [0.25, 0.3) is 0 Å². The zero-order valence-electron chi connectivity index (χ0n) is 16.2. The molecule has 1 aliphatic rings. The fourth-order valence-electron chi connectivity index (χ4n) is 3.57. The quantitative estimate of drug-likeness (QED) is 0.601. The summed E-state index contributed by atoms with van der Waals surface area (Å²) < 4.78 is 2.70. The Morgan fingerprint density at radius 2 is 1.59 bits per heavy atom. The van der Waals surface area contributed by atoms with Crippen LogP contribution in [0.5, 0.6) is 0 Å². The number of aromatic nitrogens is 2. The molecule has 1 aromatic carbocycles. The number of piperazine rings is 1. The lowest BCUT2D eigenvalue weighted by atomic mass is 10.1. The Morgan fingerprint density at radius 1 is 0.926 bits per heavy atom. The van der Waals surface area contributed by atoms with Gasteiger partial charge in [0, 0.05) is 52.0 Å². The first kappa shape index (κ1) is 19.2. The van der Waals surface area contributed by atoms with Gasteiger partial charge in [0.25, 0.3) is 5.56 Å². The molecule has 3 rings (SSSR count). The summed E-state index contributed by atoms with van der Waals surface area (Å²) in [5.74, 6) is 0.714. The lowest BCUT2D eigenvalue weighted by Gasteiger charge is -2.36. The highest BCUT2D eigenvalue weighted by atomic mass is 16.2. The molecule has 0 unspecified atom stereocenters. The third kappa shape index (κ3) is 4.60. The van der Waals surface area contributed by atoms with Crippen LogP contribution in [0.3, 0.4) is 0 Å². The highest BCUT2D eigenvalue weighted by Crippen LogP contribution is 2.13. The van der Waals surface area contributed by atoms with Crippen LogP contribution in [0, 0.1) is 0 Å². The molecule has 0 saturated carbocycles. The third-order valence-electron chi connectivity index (χ3n) is 5.37. The van der Waals surface area contributed by atoms with Crippen LogP contribution < -0.4 is 21.9 Å². The molecule has 0 spiro atoms. The van der Waals surface area contributed by atoms with E-state index in [4.69, 9.17) is 5.73 Å². The van der Waals surface area contributed by atoms with Gasteiger partial charge in [-0.2, -0.15) is 0 Å². The van der Waals surface area contributed by atoms with Crippen molar-refractivity contribution >= 4 is 11.5 Å². The highest BCUT2D eigenvalue weighted by Gasteiger charge is 2.19. The molecule has 27 heavy (non-hydrogen) atoms. The first-order chi connectivity index (χ1) is 13.0. The number of nitrogens with two attached hydrogens (primary N) is 1. The minimum absolute atomic E-state index is 0.252. The Morgan fingerprint density at radius 3 is 2.26 bits per heavy atom.